The molecule has 5 nitrogen and oxygen atoms in total. The minimum absolute atomic E-state index is 0.0300. The van der Waals surface area contributed by atoms with Gasteiger partial charge in [-0.3, -0.25) is 4.79 Å². The van der Waals surface area contributed by atoms with Crippen molar-refractivity contribution in [1.82, 2.24) is 10.6 Å². The summed E-state index contributed by atoms with van der Waals surface area (Å²) in [6.07, 6.45) is 16.4. The van der Waals surface area contributed by atoms with E-state index in [1.54, 1.807) is 0 Å². The number of nitrogens with zero attached hydrogens (tertiary/aromatic N) is 1. The molecular weight excluding hydrogens is 446 g/mol. The van der Waals surface area contributed by atoms with Crippen molar-refractivity contribution in [3.63, 3.8) is 0 Å². The Morgan fingerprint density at radius 3 is 2.22 bits per heavy atom. The van der Waals surface area contributed by atoms with E-state index in [4.69, 9.17) is 4.84 Å². The van der Waals surface area contributed by atoms with Gasteiger partial charge in [-0.2, -0.15) is 0 Å². The fourth-order valence-electron chi connectivity index (χ4n) is 4.12. The van der Waals surface area contributed by atoms with E-state index in [2.05, 4.69) is 67.4 Å². The molecule has 0 fully saturated rings. The molecule has 1 unspecified atom stereocenters. The lowest BCUT2D eigenvalue weighted by Crippen LogP contribution is -2.25. The highest BCUT2D eigenvalue weighted by atomic mass is 16.6. The molecule has 204 valence electrons. The van der Waals surface area contributed by atoms with E-state index in [9.17, 15) is 4.79 Å². The van der Waals surface area contributed by atoms with Crippen LogP contribution in [0.2, 0.25) is 0 Å². The molecule has 1 aromatic carbocycles. The number of aryl methyl sites for hydroxylation is 1. The summed E-state index contributed by atoms with van der Waals surface area (Å²) < 4.78 is 0. The largest absolute Gasteiger partial charge is 0.360 e. The summed E-state index contributed by atoms with van der Waals surface area (Å²) in [6, 6.07) is 8.76. The number of rotatable bonds is 22. The Labute approximate surface area is 221 Å². The van der Waals surface area contributed by atoms with Gasteiger partial charge < -0.3 is 15.5 Å². The summed E-state index contributed by atoms with van der Waals surface area (Å²) in [5.74, 6) is 0.747. The molecule has 0 bridgehead atoms. The number of unbranched alkanes of at least 4 members (excludes halogenated alkanes) is 9. The van der Waals surface area contributed by atoms with E-state index < -0.39 is 0 Å². The fourth-order valence-corrected chi connectivity index (χ4v) is 4.12. The number of carbonyl (C=O) groups excluding carboxylic acids is 1. The lowest BCUT2D eigenvalue weighted by Gasteiger charge is -2.14. The van der Waals surface area contributed by atoms with Crippen molar-refractivity contribution in [2.75, 3.05) is 20.1 Å². The summed E-state index contributed by atoms with van der Waals surface area (Å²) in [7, 11) is 1.95. The van der Waals surface area contributed by atoms with Gasteiger partial charge in [-0.1, -0.05) is 108 Å². The van der Waals surface area contributed by atoms with E-state index in [0.717, 1.165) is 49.9 Å². The molecule has 1 rings (SSSR count). The molecule has 1 amide bonds. The zero-order valence-corrected chi connectivity index (χ0v) is 23.7. The predicted octanol–water partition coefficient (Wildman–Crippen LogP) is 7.55. The van der Waals surface area contributed by atoms with Crippen molar-refractivity contribution in [2.24, 2.45) is 11.1 Å². The molecule has 0 aliphatic carbocycles. The first kappa shape index (κ1) is 31.9. The monoisotopic (exact) mass is 499 g/mol. The molecule has 0 aromatic heterocycles. The Kier molecular flexibility index (Phi) is 18.6. The summed E-state index contributed by atoms with van der Waals surface area (Å²) in [4.78, 5) is 17.6. The molecule has 1 atom stereocenters. The summed E-state index contributed by atoms with van der Waals surface area (Å²) >= 11 is 0. The van der Waals surface area contributed by atoms with E-state index in [1.807, 2.05) is 7.05 Å². The van der Waals surface area contributed by atoms with Gasteiger partial charge >= 0.3 is 0 Å². The van der Waals surface area contributed by atoms with Crippen molar-refractivity contribution in [3.8, 4) is 0 Å². The maximum atomic E-state index is 12.0. The van der Waals surface area contributed by atoms with Crippen LogP contribution in [0.3, 0.4) is 0 Å². The van der Waals surface area contributed by atoms with Crippen molar-refractivity contribution < 1.29 is 9.63 Å². The van der Waals surface area contributed by atoms with Crippen molar-refractivity contribution in [1.29, 1.82) is 0 Å². The van der Waals surface area contributed by atoms with Crippen LogP contribution in [-0.4, -0.2) is 31.8 Å². The number of benzene rings is 1. The highest BCUT2D eigenvalue weighted by Crippen LogP contribution is 2.17. The lowest BCUT2D eigenvalue weighted by molar-refractivity contribution is -0.121. The maximum absolute atomic E-state index is 12.0. The van der Waals surface area contributed by atoms with Crippen LogP contribution in [0.5, 0.6) is 0 Å². The van der Waals surface area contributed by atoms with Crippen LogP contribution in [0.1, 0.15) is 115 Å². The van der Waals surface area contributed by atoms with Gasteiger partial charge in [0.05, 0.1) is 12.3 Å². The third-order valence-corrected chi connectivity index (χ3v) is 6.73. The molecule has 0 saturated heterocycles. The molecule has 2 N–H and O–H groups in total. The quantitative estimate of drug-likeness (QED) is 0.0749. The number of oxime groups is 1. The number of nitrogens with one attached hydrogen (secondary N) is 2. The van der Waals surface area contributed by atoms with E-state index in [1.165, 1.54) is 56.9 Å². The van der Waals surface area contributed by atoms with Crippen LogP contribution in [-0.2, 0) is 16.1 Å². The molecule has 0 heterocycles. The maximum Gasteiger partial charge on any atom is 0.220 e. The molecule has 0 radical (unpaired) electrons. The average molecular weight is 500 g/mol. The minimum atomic E-state index is 0.0300. The second kappa shape index (κ2) is 21.0. The van der Waals surface area contributed by atoms with Gasteiger partial charge in [-0.05, 0) is 56.8 Å². The fraction of sp³-hybridized carbons (Fsp3) is 0.677. The number of hydrogen-bond donors (Lipinski definition) is 2. The Hall–Kier alpha value is -2.14. The zero-order chi connectivity index (χ0) is 26.4. The van der Waals surface area contributed by atoms with Gasteiger partial charge in [-0.15, -0.1) is 0 Å². The molecule has 36 heavy (non-hydrogen) atoms. The second-order valence-electron chi connectivity index (χ2n) is 10.0. The van der Waals surface area contributed by atoms with Crippen molar-refractivity contribution in [3.05, 3.63) is 47.7 Å². The number of carbonyl (C=O) groups is 1. The molecule has 1 aromatic rings. The standard InChI is InChI=1S/C31H53N3O2/c1-6-8-9-10-11-12-13-15-18-28-20-22-29(23-21-28)31(26(3)7-2)34-36-27(4)25-33-30(35)19-16-14-17-24-32-5/h20-23,26,32H,4,6-19,24-25H2,1-3,5H3,(H,33,35)/b34-31+. The minimum Gasteiger partial charge on any atom is -0.360 e. The second-order valence-corrected chi connectivity index (χ2v) is 10.0. The van der Waals surface area contributed by atoms with Crippen LogP contribution < -0.4 is 10.6 Å². The molecule has 0 spiro atoms. The van der Waals surface area contributed by atoms with Crippen LogP contribution in [0.25, 0.3) is 0 Å². The van der Waals surface area contributed by atoms with Crippen LogP contribution in [0.4, 0.5) is 0 Å². The van der Waals surface area contributed by atoms with E-state index >= 15 is 0 Å². The number of amides is 1. The van der Waals surface area contributed by atoms with Crippen molar-refractivity contribution in [2.45, 2.75) is 111 Å². The zero-order valence-electron chi connectivity index (χ0n) is 23.7. The smallest absolute Gasteiger partial charge is 0.220 e. The van der Waals surface area contributed by atoms with Gasteiger partial charge in [0.1, 0.15) is 5.76 Å². The van der Waals surface area contributed by atoms with Crippen LogP contribution in [0.15, 0.2) is 41.8 Å². The van der Waals surface area contributed by atoms with Crippen LogP contribution in [0, 0.1) is 5.92 Å². The Balaban J connectivity index is 2.46. The highest BCUT2D eigenvalue weighted by molar-refractivity contribution is 6.01. The lowest BCUT2D eigenvalue weighted by atomic mass is 9.95. The highest BCUT2D eigenvalue weighted by Gasteiger charge is 2.13. The predicted molar refractivity (Wildman–Crippen MR) is 154 cm³/mol. The van der Waals surface area contributed by atoms with E-state index in [-0.39, 0.29) is 18.4 Å². The molecule has 0 aliphatic rings. The average Bonchev–Trinajstić information content (AvgIpc) is 2.89. The van der Waals surface area contributed by atoms with Gasteiger partial charge in [0.2, 0.25) is 5.91 Å². The van der Waals surface area contributed by atoms with Crippen LogP contribution >= 0.6 is 0 Å². The first-order valence-corrected chi connectivity index (χ1v) is 14.4. The molecule has 0 aliphatic heterocycles. The number of hydrogen-bond acceptors (Lipinski definition) is 4. The Morgan fingerprint density at radius 2 is 1.58 bits per heavy atom. The molecule has 5 heteroatoms. The summed E-state index contributed by atoms with van der Waals surface area (Å²) in [6.45, 7) is 11.8. The normalized spacial score (nSPS) is 12.4. The SMILES string of the molecule is C=C(CNC(=O)CCCCCNC)O/N=C(/c1ccc(CCCCCCCCCC)cc1)C(C)CC. The first-order chi connectivity index (χ1) is 17.5. The Morgan fingerprint density at radius 1 is 0.944 bits per heavy atom. The first-order valence-electron chi connectivity index (χ1n) is 14.4. The van der Waals surface area contributed by atoms with Gasteiger partial charge in [0.25, 0.3) is 0 Å². The van der Waals surface area contributed by atoms with Crippen molar-refractivity contribution >= 4 is 11.6 Å². The van der Waals surface area contributed by atoms with Gasteiger partial charge in [0.15, 0.2) is 0 Å². The molecular formula is C31H53N3O2. The van der Waals surface area contributed by atoms with Gasteiger partial charge in [0, 0.05) is 12.3 Å². The third-order valence-electron chi connectivity index (χ3n) is 6.73. The summed E-state index contributed by atoms with van der Waals surface area (Å²) in [5.41, 5.74) is 3.39. The van der Waals surface area contributed by atoms with E-state index in [0.29, 0.717) is 12.2 Å². The molecule has 0 saturated carbocycles. The van der Waals surface area contributed by atoms with Gasteiger partial charge in [-0.25, -0.2) is 0 Å². The third kappa shape index (κ3) is 15.1. The topological polar surface area (TPSA) is 62.7 Å². The Bertz CT molecular complexity index is 743. The summed E-state index contributed by atoms with van der Waals surface area (Å²) in [5, 5.41) is 10.4.